The first-order valence-electron chi connectivity index (χ1n) is 7.34. The zero-order chi connectivity index (χ0) is 16.2. The Balaban J connectivity index is 1.95. The molecule has 118 valence electrons. The largest absolute Gasteiger partial charge is 0.481 e. The minimum absolute atomic E-state index is 0.132. The second-order valence-electron chi connectivity index (χ2n) is 6.32. The Morgan fingerprint density at radius 1 is 1.36 bits per heavy atom. The van der Waals surface area contributed by atoms with Gasteiger partial charge in [0.15, 0.2) is 0 Å². The third kappa shape index (κ3) is 4.84. The number of aryl methyl sites for hydroxylation is 1. The van der Waals surface area contributed by atoms with Gasteiger partial charge >= 0.3 is 5.97 Å². The standard InChI is InChI=1S/C17H22N2O2S/c1-17(2,3)14-10-19-15(22-14)11-18-13-6-4-5-12(9-13)7-8-16(20)21/h4-6,9-10,18H,7-8,11H2,1-3H3,(H,20,21). The maximum Gasteiger partial charge on any atom is 0.303 e. The van der Waals surface area contributed by atoms with Gasteiger partial charge in [0.2, 0.25) is 0 Å². The molecule has 5 heteroatoms. The molecule has 0 bridgehead atoms. The minimum atomic E-state index is -0.768. The summed E-state index contributed by atoms with van der Waals surface area (Å²) in [7, 11) is 0. The predicted molar refractivity (Wildman–Crippen MR) is 90.5 cm³/mol. The third-order valence-electron chi connectivity index (χ3n) is 3.29. The second-order valence-corrected chi connectivity index (χ2v) is 7.43. The normalized spacial score (nSPS) is 11.4. The lowest BCUT2D eigenvalue weighted by Crippen LogP contribution is -2.07. The Morgan fingerprint density at radius 2 is 2.14 bits per heavy atom. The summed E-state index contributed by atoms with van der Waals surface area (Å²) in [6.45, 7) is 7.24. The van der Waals surface area contributed by atoms with Gasteiger partial charge in [0.25, 0.3) is 0 Å². The van der Waals surface area contributed by atoms with Gasteiger partial charge in [-0.25, -0.2) is 4.98 Å². The summed E-state index contributed by atoms with van der Waals surface area (Å²) in [6, 6.07) is 7.89. The fraction of sp³-hybridized carbons (Fsp3) is 0.412. The van der Waals surface area contributed by atoms with Crippen LogP contribution in [-0.4, -0.2) is 16.1 Å². The van der Waals surface area contributed by atoms with E-state index in [4.69, 9.17) is 5.11 Å². The van der Waals surface area contributed by atoms with Crippen molar-refractivity contribution >= 4 is 23.0 Å². The molecule has 0 fully saturated rings. The Hall–Kier alpha value is -1.88. The molecule has 0 aliphatic carbocycles. The minimum Gasteiger partial charge on any atom is -0.481 e. The zero-order valence-corrected chi connectivity index (χ0v) is 14.0. The Morgan fingerprint density at radius 3 is 2.77 bits per heavy atom. The highest BCUT2D eigenvalue weighted by Gasteiger charge is 2.16. The van der Waals surface area contributed by atoms with Crippen LogP contribution in [0.3, 0.4) is 0 Å². The topological polar surface area (TPSA) is 62.2 Å². The van der Waals surface area contributed by atoms with Crippen LogP contribution in [-0.2, 0) is 23.2 Å². The van der Waals surface area contributed by atoms with Gasteiger partial charge in [0.05, 0.1) is 6.54 Å². The van der Waals surface area contributed by atoms with Crippen LogP contribution in [0.2, 0.25) is 0 Å². The van der Waals surface area contributed by atoms with Gasteiger partial charge in [-0.05, 0) is 29.5 Å². The van der Waals surface area contributed by atoms with Crippen molar-refractivity contribution in [1.82, 2.24) is 4.98 Å². The van der Waals surface area contributed by atoms with Crippen LogP contribution < -0.4 is 5.32 Å². The fourth-order valence-electron chi connectivity index (χ4n) is 2.00. The first-order valence-corrected chi connectivity index (χ1v) is 8.16. The number of hydrogen-bond donors (Lipinski definition) is 2. The summed E-state index contributed by atoms with van der Waals surface area (Å²) in [4.78, 5) is 16.4. The fourth-order valence-corrected chi connectivity index (χ4v) is 2.92. The second kappa shape index (κ2) is 6.92. The van der Waals surface area contributed by atoms with Crippen molar-refractivity contribution in [3.8, 4) is 0 Å². The lowest BCUT2D eigenvalue weighted by molar-refractivity contribution is -0.136. The molecule has 0 saturated heterocycles. The third-order valence-corrected chi connectivity index (χ3v) is 4.71. The van der Waals surface area contributed by atoms with Crippen molar-refractivity contribution in [3.63, 3.8) is 0 Å². The quantitative estimate of drug-likeness (QED) is 0.843. The number of aromatic nitrogens is 1. The molecule has 1 heterocycles. The molecule has 0 atom stereocenters. The van der Waals surface area contributed by atoms with Crippen molar-refractivity contribution in [2.45, 2.75) is 45.6 Å². The highest BCUT2D eigenvalue weighted by molar-refractivity contribution is 7.11. The van der Waals surface area contributed by atoms with Gasteiger partial charge in [-0.3, -0.25) is 4.79 Å². The molecule has 0 amide bonds. The number of carboxylic acids is 1. The summed E-state index contributed by atoms with van der Waals surface area (Å²) in [5.74, 6) is -0.768. The van der Waals surface area contributed by atoms with Gasteiger partial charge in [-0.15, -0.1) is 11.3 Å². The first kappa shape index (κ1) is 16.5. The summed E-state index contributed by atoms with van der Waals surface area (Å²) < 4.78 is 0. The van der Waals surface area contributed by atoms with Crippen LogP contribution in [0, 0.1) is 0 Å². The number of hydrogen-bond acceptors (Lipinski definition) is 4. The Bertz CT molecular complexity index is 644. The number of rotatable bonds is 6. The average molecular weight is 318 g/mol. The summed E-state index contributed by atoms with van der Waals surface area (Å²) in [5.41, 5.74) is 2.16. The van der Waals surface area contributed by atoms with Crippen LogP contribution in [0.15, 0.2) is 30.5 Å². The van der Waals surface area contributed by atoms with Crippen molar-refractivity contribution in [1.29, 1.82) is 0 Å². The molecule has 1 aromatic carbocycles. The average Bonchev–Trinajstić information content (AvgIpc) is 2.92. The van der Waals surface area contributed by atoms with E-state index in [1.54, 1.807) is 11.3 Å². The van der Waals surface area contributed by atoms with Gasteiger partial charge in [-0.1, -0.05) is 32.9 Å². The molecule has 0 aliphatic heterocycles. The van der Waals surface area contributed by atoms with E-state index in [0.717, 1.165) is 16.3 Å². The van der Waals surface area contributed by atoms with E-state index >= 15 is 0 Å². The molecule has 0 aliphatic rings. The number of carbonyl (C=O) groups is 1. The number of anilines is 1. The molecule has 0 saturated carbocycles. The van der Waals surface area contributed by atoms with Crippen LogP contribution in [0.25, 0.3) is 0 Å². The van der Waals surface area contributed by atoms with Gasteiger partial charge < -0.3 is 10.4 Å². The number of carboxylic acid groups (broad SMARTS) is 1. The van der Waals surface area contributed by atoms with Crippen molar-refractivity contribution in [2.24, 2.45) is 0 Å². The summed E-state index contributed by atoms with van der Waals surface area (Å²) >= 11 is 1.73. The molecule has 2 N–H and O–H groups in total. The summed E-state index contributed by atoms with van der Waals surface area (Å²) in [6.07, 6.45) is 2.66. The molecule has 22 heavy (non-hydrogen) atoms. The van der Waals surface area contributed by atoms with Crippen molar-refractivity contribution < 1.29 is 9.90 Å². The van der Waals surface area contributed by atoms with Crippen LogP contribution >= 0.6 is 11.3 Å². The number of thiazole rings is 1. The molecule has 0 spiro atoms. The van der Waals surface area contributed by atoms with Gasteiger partial charge in [-0.2, -0.15) is 0 Å². The number of nitrogens with one attached hydrogen (secondary N) is 1. The van der Waals surface area contributed by atoms with Crippen LogP contribution in [0.5, 0.6) is 0 Å². The van der Waals surface area contributed by atoms with Gasteiger partial charge in [0, 0.05) is 23.2 Å². The summed E-state index contributed by atoms with van der Waals surface area (Å²) in [5, 5.41) is 13.2. The Labute approximate surface area is 135 Å². The van der Waals surface area contributed by atoms with Crippen LogP contribution in [0.1, 0.15) is 42.6 Å². The lowest BCUT2D eigenvalue weighted by Gasteiger charge is -2.14. The SMILES string of the molecule is CC(C)(C)c1cnc(CNc2cccc(CCC(=O)O)c2)s1. The van der Waals surface area contributed by atoms with Crippen LogP contribution in [0.4, 0.5) is 5.69 Å². The molecular weight excluding hydrogens is 296 g/mol. The number of aliphatic carboxylic acids is 1. The molecule has 0 unspecified atom stereocenters. The smallest absolute Gasteiger partial charge is 0.303 e. The van der Waals surface area contributed by atoms with E-state index in [0.29, 0.717) is 13.0 Å². The van der Waals surface area contributed by atoms with Gasteiger partial charge in [0.1, 0.15) is 5.01 Å². The monoisotopic (exact) mass is 318 g/mol. The van der Waals surface area contributed by atoms with E-state index in [-0.39, 0.29) is 11.8 Å². The molecule has 2 rings (SSSR count). The predicted octanol–water partition coefficient (Wildman–Crippen LogP) is 4.07. The maximum atomic E-state index is 10.6. The first-order chi connectivity index (χ1) is 10.3. The number of benzene rings is 1. The van der Waals surface area contributed by atoms with Crippen molar-refractivity contribution in [3.05, 3.63) is 45.9 Å². The molecular formula is C17H22N2O2S. The molecule has 4 nitrogen and oxygen atoms in total. The zero-order valence-electron chi connectivity index (χ0n) is 13.2. The maximum absolute atomic E-state index is 10.6. The van der Waals surface area contributed by atoms with E-state index < -0.39 is 5.97 Å². The molecule has 2 aromatic rings. The van der Waals surface area contributed by atoms with E-state index in [1.807, 2.05) is 30.5 Å². The van der Waals surface area contributed by atoms with E-state index in [9.17, 15) is 4.79 Å². The lowest BCUT2D eigenvalue weighted by atomic mass is 9.96. The van der Waals surface area contributed by atoms with Crippen molar-refractivity contribution in [2.75, 3.05) is 5.32 Å². The molecule has 0 radical (unpaired) electrons. The highest BCUT2D eigenvalue weighted by Crippen LogP contribution is 2.28. The van der Waals surface area contributed by atoms with E-state index in [2.05, 4.69) is 31.1 Å². The van der Waals surface area contributed by atoms with E-state index in [1.165, 1.54) is 4.88 Å². The Kier molecular flexibility index (Phi) is 5.19. The number of nitrogens with zero attached hydrogens (tertiary/aromatic N) is 1. The highest BCUT2D eigenvalue weighted by atomic mass is 32.1. The molecule has 1 aromatic heterocycles.